The van der Waals surface area contributed by atoms with Crippen molar-refractivity contribution in [3.8, 4) is 17.0 Å². The number of esters is 1. The lowest BCUT2D eigenvalue weighted by Crippen LogP contribution is -2.25. The van der Waals surface area contributed by atoms with E-state index < -0.39 is 5.41 Å². The van der Waals surface area contributed by atoms with Crippen LogP contribution in [0.5, 0.6) is 5.75 Å². The van der Waals surface area contributed by atoms with Crippen molar-refractivity contribution >= 4 is 23.0 Å². The molecule has 3 rings (SSSR count). The van der Waals surface area contributed by atoms with Gasteiger partial charge in [-0.15, -0.1) is 0 Å². The maximum absolute atomic E-state index is 11.9. The van der Waals surface area contributed by atoms with Crippen LogP contribution in [0.2, 0.25) is 0 Å². The molecule has 0 amide bonds. The number of anilines is 1. The van der Waals surface area contributed by atoms with Crippen molar-refractivity contribution in [1.82, 2.24) is 15.0 Å². The molecule has 0 saturated carbocycles. The molecule has 0 atom stereocenters. The first-order valence-corrected chi connectivity index (χ1v) is 7.73. The van der Waals surface area contributed by atoms with E-state index >= 15 is 0 Å². The van der Waals surface area contributed by atoms with Gasteiger partial charge in [-0.05, 0) is 57.2 Å². The molecular formula is C18H18N4O3. The molecule has 0 spiro atoms. The minimum absolute atomic E-state index is 0.293. The van der Waals surface area contributed by atoms with Gasteiger partial charge in [-0.2, -0.15) is 0 Å². The molecule has 0 aliphatic rings. The first kappa shape index (κ1) is 16.8. The number of carbonyl (C=O) groups excluding carboxylic acids is 1. The van der Waals surface area contributed by atoms with E-state index in [9.17, 15) is 4.79 Å². The molecule has 7 heteroatoms. The first-order valence-electron chi connectivity index (χ1n) is 7.73. The Kier molecular flexibility index (Phi) is 4.33. The average Bonchev–Trinajstić information content (AvgIpc) is 2.60. The molecule has 0 bridgehead atoms. The summed E-state index contributed by atoms with van der Waals surface area (Å²) in [6, 6.07) is 10.3. The smallest absolute Gasteiger partial charge is 0.316 e. The van der Waals surface area contributed by atoms with Crippen molar-refractivity contribution in [1.29, 1.82) is 0 Å². The zero-order chi connectivity index (χ0) is 18.0. The highest BCUT2D eigenvalue weighted by Gasteiger charge is 2.23. The van der Waals surface area contributed by atoms with Gasteiger partial charge in [-0.25, -0.2) is 9.97 Å². The zero-order valence-electron chi connectivity index (χ0n) is 14.1. The van der Waals surface area contributed by atoms with Gasteiger partial charge < -0.3 is 4.74 Å². The van der Waals surface area contributed by atoms with Crippen LogP contribution in [0.25, 0.3) is 22.4 Å². The molecule has 0 aliphatic heterocycles. The number of rotatable bonds is 3. The molecule has 3 aromatic rings. The highest BCUT2D eigenvalue weighted by atomic mass is 16.5. The molecular weight excluding hydrogens is 320 g/mol. The number of carbonyl (C=O) groups is 1. The monoisotopic (exact) mass is 338 g/mol. The maximum Gasteiger partial charge on any atom is 0.316 e. The Morgan fingerprint density at radius 1 is 1.08 bits per heavy atom. The summed E-state index contributed by atoms with van der Waals surface area (Å²) in [5, 5.41) is 8.94. The van der Waals surface area contributed by atoms with Crippen LogP contribution in [0.15, 0.2) is 42.6 Å². The number of nitrogens with zero attached hydrogens (tertiary/aromatic N) is 3. The lowest BCUT2D eigenvalue weighted by atomic mass is 9.97. The minimum Gasteiger partial charge on any atom is -0.426 e. The van der Waals surface area contributed by atoms with Crippen molar-refractivity contribution in [3.63, 3.8) is 0 Å². The molecule has 25 heavy (non-hydrogen) atoms. The number of benzene rings is 1. The molecule has 128 valence electrons. The number of hydrogen-bond donors (Lipinski definition) is 2. The second kappa shape index (κ2) is 6.45. The number of hydrogen-bond acceptors (Lipinski definition) is 7. The van der Waals surface area contributed by atoms with Gasteiger partial charge in [0.15, 0.2) is 11.5 Å². The first-order chi connectivity index (χ1) is 11.9. The normalized spacial score (nSPS) is 11.4. The second-order valence-electron chi connectivity index (χ2n) is 6.57. The second-order valence-corrected chi connectivity index (χ2v) is 6.57. The van der Waals surface area contributed by atoms with Gasteiger partial charge in [0.05, 0.1) is 17.3 Å². The lowest BCUT2D eigenvalue weighted by molar-refractivity contribution is -0.142. The third kappa shape index (κ3) is 3.72. The molecule has 0 fully saturated rings. The minimum atomic E-state index is -0.563. The summed E-state index contributed by atoms with van der Waals surface area (Å²) < 4.78 is 5.35. The number of pyridine rings is 1. The third-order valence-electron chi connectivity index (χ3n) is 3.49. The van der Waals surface area contributed by atoms with Gasteiger partial charge in [-0.1, -0.05) is 0 Å². The van der Waals surface area contributed by atoms with Crippen LogP contribution in [-0.4, -0.2) is 26.1 Å². The van der Waals surface area contributed by atoms with Crippen LogP contribution in [0, 0.1) is 5.41 Å². The van der Waals surface area contributed by atoms with Crippen LogP contribution < -0.4 is 10.2 Å². The molecule has 0 saturated heterocycles. The summed E-state index contributed by atoms with van der Waals surface area (Å²) >= 11 is 0. The van der Waals surface area contributed by atoms with E-state index in [0.717, 1.165) is 5.56 Å². The maximum atomic E-state index is 11.9. The summed E-state index contributed by atoms with van der Waals surface area (Å²) in [6.45, 7) is 5.41. The van der Waals surface area contributed by atoms with Gasteiger partial charge in [0.25, 0.3) is 0 Å². The molecule has 0 radical (unpaired) electrons. The zero-order valence-corrected chi connectivity index (χ0v) is 14.1. The summed E-state index contributed by atoms with van der Waals surface area (Å²) in [7, 11) is 0. The standard InChI is InChI=1S/C18H18N4O3/c1-18(2,3)17(23)25-12-6-4-11(5-7-12)14-10-19-13-8-9-15(22-24)21-16(13)20-14/h4-10,24H,1-3H3,(H,20,21,22). The number of nitrogens with one attached hydrogen (secondary N) is 1. The molecule has 2 aromatic heterocycles. The fourth-order valence-electron chi connectivity index (χ4n) is 2.05. The van der Waals surface area contributed by atoms with Crippen molar-refractivity contribution in [2.24, 2.45) is 5.41 Å². The van der Waals surface area contributed by atoms with Gasteiger partial charge in [0, 0.05) is 5.56 Å². The van der Waals surface area contributed by atoms with E-state index in [2.05, 4.69) is 15.0 Å². The van der Waals surface area contributed by atoms with E-state index in [1.165, 1.54) is 0 Å². The van der Waals surface area contributed by atoms with Crippen LogP contribution in [-0.2, 0) is 4.79 Å². The van der Waals surface area contributed by atoms with Crippen LogP contribution in [0.3, 0.4) is 0 Å². The summed E-state index contributed by atoms with van der Waals surface area (Å²) in [4.78, 5) is 24.8. The molecule has 0 aliphatic carbocycles. The predicted molar refractivity (Wildman–Crippen MR) is 93.3 cm³/mol. The quantitative estimate of drug-likeness (QED) is 0.429. The van der Waals surface area contributed by atoms with Gasteiger partial charge in [-0.3, -0.25) is 20.5 Å². The van der Waals surface area contributed by atoms with E-state index in [1.54, 1.807) is 63.4 Å². The molecule has 0 unspecified atom stereocenters. The Bertz CT molecular complexity index is 918. The van der Waals surface area contributed by atoms with E-state index in [-0.39, 0.29) is 5.97 Å². The average molecular weight is 338 g/mol. The van der Waals surface area contributed by atoms with Crippen LogP contribution in [0.1, 0.15) is 20.8 Å². The van der Waals surface area contributed by atoms with Gasteiger partial charge in [0.1, 0.15) is 11.3 Å². The highest BCUT2D eigenvalue weighted by Crippen LogP contribution is 2.24. The Morgan fingerprint density at radius 2 is 1.80 bits per heavy atom. The van der Waals surface area contributed by atoms with E-state index in [1.807, 2.05) is 5.48 Å². The lowest BCUT2D eigenvalue weighted by Gasteiger charge is -2.16. The summed E-state index contributed by atoms with van der Waals surface area (Å²) in [6.07, 6.45) is 1.65. The summed E-state index contributed by atoms with van der Waals surface area (Å²) in [5.74, 6) is 0.477. The highest BCUT2D eigenvalue weighted by molar-refractivity contribution is 5.78. The Morgan fingerprint density at radius 3 is 2.44 bits per heavy atom. The Balaban J connectivity index is 1.87. The van der Waals surface area contributed by atoms with Crippen molar-refractivity contribution < 1.29 is 14.7 Å². The molecule has 1 aromatic carbocycles. The van der Waals surface area contributed by atoms with Gasteiger partial charge >= 0.3 is 5.97 Å². The Hall–Kier alpha value is -3.06. The van der Waals surface area contributed by atoms with Crippen molar-refractivity contribution in [3.05, 3.63) is 42.6 Å². The number of aromatic nitrogens is 3. The van der Waals surface area contributed by atoms with E-state index in [0.29, 0.717) is 28.4 Å². The van der Waals surface area contributed by atoms with Crippen molar-refractivity contribution in [2.75, 3.05) is 5.48 Å². The predicted octanol–water partition coefficient (Wildman–Crippen LogP) is 3.44. The molecule has 2 N–H and O–H groups in total. The Labute approximate surface area is 144 Å². The molecule has 2 heterocycles. The SMILES string of the molecule is CC(C)(C)C(=O)Oc1ccc(-c2cnc3ccc(NO)nc3n2)cc1. The fourth-order valence-corrected chi connectivity index (χ4v) is 2.05. The van der Waals surface area contributed by atoms with Crippen LogP contribution in [0.4, 0.5) is 5.82 Å². The fraction of sp³-hybridized carbons (Fsp3) is 0.222. The molecule has 7 nitrogen and oxygen atoms in total. The van der Waals surface area contributed by atoms with E-state index in [4.69, 9.17) is 9.94 Å². The topological polar surface area (TPSA) is 97.2 Å². The van der Waals surface area contributed by atoms with Gasteiger partial charge in [0.2, 0.25) is 0 Å². The number of fused-ring (bicyclic) bond motifs is 1. The van der Waals surface area contributed by atoms with Crippen molar-refractivity contribution in [2.45, 2.75) is 20.8 Å². The third-order valence-corrected chi connectivity index (χ3v) is 3.49. The van der Waals surface area contributed by atoms with Crippen LogP contribution >= 0.6 is 0 Å². The largest absolute Gasteiger partial charge is 0.426 e. The number of ether oxygens (including phenoxy) is 1. The summed E-state index contributed by atoms with van der Waals surface area (Å²) in [5.41, 5.74) is 3.91.